The summed E-state index contributed by atoms with van der Waals surface area (Å²) in [5, 5.41) is 3.58. The van der Waals surface area contributed by atoms with Crippen molar-refractivity contribution in [3.8, 4) is 17.2 Å². The Balaban J connectivity index is 0.000000758. The topological polar surface area (TPSA) is 39.7 Å². The number of benzene rings is 2. The molecular weight excluding hydrogens is 314 g/mol. The number of ether oxygens (including phenoxy) is 3. The predicted molar refractivity (Wildman–Crippen MR) is 98.9 cm³/mol. The van der Waals surface area contributed by atoms with Crippen LogP contribution in [0.2, 0.25) is 0 Å². The Kier molecular flexibility index (Phi) is 3.60. The lowest BCUT2D eigenvalue weighted by Crippen LogP contribution is -2.46. The highest BCUT2D eigenvalue weighted by Gasteiger charge is 2.50. The number of rotatable bonds is 0. The molecule has 4 heteroatoms. The number of anilines is 1. The third-order valence-electron chi connectivity index (χ3n) is 5.13. The highest BCUT2D eigenvalue weighted by molar-refractivity contribution is 5.68. The summed E-state index contributed by atoms with van der Waals surface area (Å²) < 4.78 is 17.4. The van der Waals surface area contributed by atoms with Gasteiger partial charge in [0.15, 0.2) is 11.5 Å². The quantitative estimate of drug-likeness (QED) is 0.754. The molecule has 1 N–H and O–H groups in total. The molecule has 132 valence electrons. The number of nitrogens with one attached hydrogen (secondary N) is 1. The van der Waals surface area contributed by atoms with Crippen molar-refractivity contribution >= 4 is 5.69 Å². The summed E-state index contributed by atoms with van der Waals surface area (Å²) in [6.45, 7) is 9.47. The molecule has 1 unspecified atom stereocenters. The van der Waals surface area contributed by atoms with E-state index in [1.807, 2.05) is 19.9 Å². The smallest absolute Gasteiger partial charge is 0.231 e. The Morgan fingerprint density at radius 1 is 0.920 bits per heavy atom. The van der Waals surface area contributed by atoms with Crippen molar-refractivity contribution < 1.29 is 14.2 Å². The van der Waals surface area contributed by atoms with Crippen molar-refractivity contribution in [1.29, 1.82) is 0 Å². The Morgan fingerprint density at radius 2 is 1.64 bits per heavy atom. The fourth-order valence-corrected chi connectivity index (χ4v) is 4.33. The van der Waals surface area contributed by atoms with Crippen molar-refractivity contribution in [2.45, 2.75) is 45.1 Å². The molecule has 0 bridgehead atoms. The lowest BCUT2D eigenvalue weighted by Gasteiger charge is -2.44. The monoisotopic (exact) mass is 339 g/mol. The summed E-state index contributed by atoms with van der Waals surface area (Å²) in [5.41, 5.74) is 3.43. The minimum Gasteiger partial charge on any atom is -0.487 e. The molecule has 1 spiro atoms. The average molecular weight is 339 g/mol. The van der Waals surface area contributed by atoms with Crippen LogP contribution < -0.4 is 19.5 Å². The molecule has 0 fully saturated rings. The van der Waals surface area contributed by atoms with Crippen LogP contribution in [-0.4, -0.2) is 18.9 Å². The van der Waals surface area contributed by atoms with Gasteiger partial charge in [-0.2, -0.15) is 0 Å². The number of fused-ring (bicyclic) bond motifs is 5. The highest BCUT2D eigenvalue weighted by Crippen LogP contribution is 2.55. The van der Waals surface area contributed by atoms with Crippen molar-refractivity contribution in [2.24, 2.45) is 0 Å². The van der Waals surface area contributed by atoms with Crippen molar-refractivity contribution in [1.82, 2.24) is 0 Å². The molecule has 3 aliphatic heterocycles. The number of hydrogen-bond donors (Lipinski definition) is 1. The lowest BCUT2D eigenvalue weighted by molar-refractivity contribution is 0.0583. The summed E-state index contributed by atoms with van der Waals surface area (Å²) in [6, 6.07) is 12.7. The SMILES string of the molecule is CC.CC1(C)CC2(CNc3ccccc32)c2cc3c(cc2O1)OCO3. The van der Waals surface area contributed by atoms with E-state index < -0.39 is 0 Å². The van der Waals surface area contributed by atoms with E-state index in [4.69, 9.17) is 14.2 Å². The van der Waals surface area contributed by atoms with Gasteiger partial charge in [0.1, 0.15) is 11.4 Å². The zero-order valence-corrected chi connectivity index (χ0v) is 15.3. The highest BCUT2D eigenvalue weighted by atomic mass is 16.7. The zero-order chi connectivity index (χ0) is 17.7. The van der Waals surface area contributed by atoms with Gasteiger partial charge in [0, 0.05) is 35.7 Å². The van der Waals surface area contributed by atoms with Crippen LogP contribution in [0, 0.1) is 0 Å². The minimum atomic E-state index is -0.236. The van der Waals surface area contributed by atoms with E-state index in [2.05, 4.69) is 49.5 Å². The third-order valence-corrected chi connectivity index (χ3v) is 5.13. The van der Waals surface area contributed by atoms with E-state index in [0.717, 1.165) is 30.2 Å². The van der Waals surface area contributed by atoms with Gasteiger partial charge < -0.3 is 19.5 Å². The van der Waals surface area contributed by atoms with Gasteiger partial charge in [0.2, 0.25) is 6.79 Å². The van der Waals surface area contributed by atoms with Crippen LogP contribution in [0.1, 0.15) is 45.2 Å². The first-order valence-corrected chi connectivity index (χ1v) is 9.04. The molecule has 0 saturated heterocycles. The van der Waals surface area contributed by atoms with E-state index in [1.165, 1.54) is 16.8 Å². The second kappa shape index (κ2) is 5.58. The summed E-state index contributed by atoms with van der Waals surface area (Å²) >= 11 is 0. The molecule has 25 heavy (non-hydrogen) atoms. The fourth-order valence-electron chi connectivity index (χ4n) is 4.33. The summed E-state index contributed by atoms with van der Waals surface area (Å²) in [7, 11) is 0. The number of hydrogen-bond acceptors (Lipinski definition) is 4. The molecular formula is C21H25NO3. The molecule has 0 radical (unpaired) electrons. The largest absolute Gasteiger partial charge is 0.487 e. The van der Waals surface area contributed by atoms with Gasteiger partial charge in [-0.05, 0) is 31.5 Å². The lowest BCUT2D eigenvalue weighted by atomic mass is 9.67. The van der Waals surface area contributed by atoms with Crippen LogP contribution in [0.5, 0.6) is 17.2 Å². The molecule has 3 heterocycles. The van der Waals surface area contributed by atoms with Gasteiger partial charge in [0.05, 0.1) is 0 Å². The molecule has 5 rings (SSSR count). The van der Waals surface area contributed by atoms with Crippen LogP contribution in [-0.2, 0) is 5.41 Å². The van der Waals surface area contributed by atoms with Crippen molar-refractivity contribution in [3.63, 3.8) is 0 Å². The Hall–Kier alpha value is -2.36. The first-order valence-electron chi connectivity index (χ1n) is 9.04. The zero-order valence-electron chi connectivity index (χ0n) is 15.3. The van der Waals surface area contributed by atoms with Crippen LogP contribution in [0.3, 0.4) is 0 Å². The standard InChI is InChI=1S/C19H19NO3.C2H6/c1-18(2)9-19(10-20-14-6-4-3-5-12(14)19)13-7-16-17(22-11-21-16)8-15(13)23-18;1-2/h3-8,20H,9-11H2,1-2H3;1-2H3. The van der Waals surface area contributed by atoms with Crippen LogP contribution in [0.4, 0.5) is 5.69 Å². The van der Waals surface area contributed by atoms with Gasteiger partial charge in [-0.25, -0.2) is 0 Å². The first-order chi connectivity index (χ1) is 12.1. The second-order valence-corrected chi connectivity index (χ2v) is 7.22. The van der Waals surface area contributed by atoms with Crippen LogP contribution >= 0.6 is 0 Å². The van der Waals surface area contributed by atoms with Gasteiger partial charge in [0.25, 0.3) is 0 Å². The molecule has 2 aromatic rings. The molecule has 0 saturated carbocycles. The molecule has 0 amide bonds. The fraction of sp³-hybridized carbons (Fsp3) is 0.429. The molecule has 0 aliphatic carbocycles. The van der Waals surface area contributed by atoms with Crippen molar-refractivity contribution in [2.75, 3.05) is 18.7 Å². The van der Waals surface area contributed by atoms with Crippen LogP contribution in [0.15, 0.2) is 36.4 Å². The normalized spacial score (nSPS) is 23.7. The summed E-state index contributed by atoms with van der Waals surface area (Å²) in [6.07, 6.45) is 0.927. The number of para-hydroxylation sites is 1. The maximum atomic E-state index is 6.28. The van der Waals surface area contributed by atoms with E-state index in [1.54, 1.807) is 0 Å². The molecule has 4 nitrogen and oxygen atoms in total. The summed E-state index contributed by atoms with van der Waals surface area (Å²) in [4.78, 5) is 0. The molecule has 1 atom stereocenters. The van der Waals surface area contributed by atoms with E-state index in [0.29, 0.717) is 0 Å². The third kappa shape index (κ3) is 2.35. The van der Waals surface area contributed by atoms with E-state index >= 15 is 0 Å². The van der Waals surface area contributed by atoms with Crippen molar-refractivity contribution in [3.05, 3.63) is 47.5 Å². The van der Waals surface area contributed by atoms with E-state index in [9.17, 15) is 0 Å². The van der Waals surface area contributed by atoms with Gasteiger partial charge >= 0.3 is 0 Å². The first kappa shape index (κ1) is 16.1. The summed E-state index contributed by atoms with van der Waals surface area (Å²) in [5.74, 6) is 2.50. The van der Waals surface area contributed by atoms with E-state index in [-0.39, 0.29) is 17.8 Å². The second-order valence-electron chi connectivity index (χ2n) is 7.22. The van der Waals surface area contributed by atoms with Gasteiger partial charge in [-0.3, -0.25) is 0 Å². The average Bonchev–Trinajstić information content (AvgIpc) is 3.20. The molecule has 2 aromatic carbocycles. The van der Waals surface area contributed by atoms with Crippen LogP contribution in [0.25, 0.3) is 0 Å². The maximum absolute atomic E-state index is 6.28. The predicted octanol–water partition coefficient (Wildman–Crippen LogP) is 4.71. The Morgan fingerprint density at radius 3 is 2.44 bits per heavy atom. The van der Waals surface area contributed by atoms with Gasteiger partial charge in [-0.15, -0.1) is 0 Å². The Labute approximate surface area is 149 Å². The minimum absolute atomic E-state index is 0.0886. The van der Waals surface area contributed by atoms with Gasteiger partial charge in [-0.1, -0.05) is 32.0 Å². The Bertz CT molecular complexity index is 815. The molecule has 3 aliphatic rings. The molecule has 0 aromatic heterocycles. The maximum Gasteiger partial charge on any atom is 0.231 e.